The van der Waals surface area contributed by atoms with Crippen molar-refractivity contribution in [2.24, 2.45) is 0 Å². The van der Waals surface area contributed by atoms with Crippen LogP contribution in [0.15, 0.2) is 17.1 Å². The van der Waals surface area contributed by atoms with E-state index in [1.165, 1.54) is 6.07 Å². The van der Waals surface area contributed by atoms with Gasteiger partial charge in [-0.05, 0) is 13.8 Å². The maximum atomic E-state index is 12.6. The lowest BCUT2D eigenvalue weighted by molar-refractivity contribution is 0.0576. The molecular formula is C13H19N3O4. The van der Waals surface area contributed by atoms with Gasteiger partial charge in [-0.15, -0.1) is 0 Å². The van der Waals surface area contributed by atoms with Crippen molar-refractivity contribution in [2.45, 2.75) is 20.0 Å². The number of nitrogens with one attached hydrogen (secondary N) is 1. The van der Waals surface area contributed by atoms with Crippen molar-refractivity contribution in [1.82, 2.24) is 9.58 Å². The Balaban J connectivity index is 2.44. The van der Waals surface area contributed by atoms with Crippen LogP contribution in [0, 0.1) is 0 Å². The minimum atomic E-state index is -0.297. The molecule has 7 nitrogen and oxygen atoms in total. The lowest BCUT2D eigenvalue weighted by Crippen LogP contribution is -2.53. The number of amides is 1. The highest BCUT2D eigenvalue weighted by atomic mass is 16.5. The van der Waals surface area contributed by atoms with Crippen molar-refractivity contribution < 1.29 is 14.3 Å². The van der Waals surface area contributed by atoms with Crippen molar-refractivity contribution in [2.75, 3.05) is 32.3 Å². The van der Waals surface area contributed by atoms with Crippen molar-refractivity contribution in [3.63, 3.8) is 0 Å². The second-order valence-electron chi connectivity index (χ2n) is 4.46. The third-order valence-corrected chi connectivity index (χ3v) is 3.14. The number of rotatable bonds is 5. The molecule has 7 heteroatoms. The van der Waals surface area contributed by atoms with E-state index in [1.807, 2.05) is 6.92 Å². The molecule has 1 N–H and O–H groups in total. The molecule has 20 heavy (non-hydrogen) atoms. The Hall–Kier alpha value is -2.02. The highest BCUT2D eigenvalue weighted by molar-refractivity contribution is 5.96. The molecule has 0 saturated heterocycles. The molecule has 2 rings (SSSR count). The van der Waals surface area contributed by atoms with Gasteiger partial charge in [-0.3, -0.25) is 14.3 Å². The predicted molar refractivity (Wildman–Crippen MR) is 73.6 cm³/mol. The van der Waals surface area contributed by atoms with E-state index in [-0.39, 0.29) is 28.9 Å². The Morgan fingerprint density at radius 1 is 1.40 bits per heavy atom. The summed E-state index contributed by atoms with van der Waals surface area (Å²) in [6.45, 7) is 4.84. The first-order chi connectivity index (χ1) is 9.60. The number of hydrogen-bond donors (Lipinski definition) is 1. The van der Waals surface area contributed by atoms with Gasteiger partial charge in [-0.2, -0.15) is 0 Å². The fourth-order valence-electron chi connectivity index (χ4n) is 2.18. The first-order valence-electron chi connectivity index (χ1n) is 6.55. The summed E-state index contributed by atoms with van der Waals surface area (Å²) in [7, 11) is 1.58. The topological polar surface area (TPSA) is 72.8 Å². The lowest BCUT2D eigenvalue weighted by atomic mass is 10.2. The van der Waals surface area contributed by atoms with E-state index in [1.54, 1.807) is 29.8 Å². The number of methoxy groups -OCH3 is 1. The van der Waals surface area contributed by atoms with Gasteiger partial charge in [0.25, 0.3) is 5.91 Å². The van der Waals surface area contributed by atoms with Gasteiger partial charge in [0.15, 0.2) is 11.4 Å². The van der Waals surface area contributed by atoms with Crippen LogP contribution in [0.3, 0.4) is 0 Å². The molecule has 0 spiro atoms. The number of fused-ring (bicyclic) bond motifs is 1. The van der Waals surface area contributed by atoms with Crippen molar-refractivity contribution in [3.05, 3.63) is 28.2 Å². The minimum absolute atomic E-state index is 0.0850. The summed E-state index contributed by atoms with van der Waals surface area (Å²) in [6, 6.07) is 1.38. The summed E-state index contributed by atoms with van der Waals surface area (Å²) in [5.41, 5.74) is 3.06. The monoisotopic (exact) mass is 281 g/mol. The second kappa shape index (κ2) is 5.96. The zero-order valence-electron chi connectivity index (χ0n) is 11.9. The summed E-state index contributed by atoms with van der Waals surface area (Å²) in [4.78, 5) is 26.1. The average Bonchev–Trinajstić information content (AvgIpc) is 2.42. The Morgan fingerprint density at radius 2 is 2.15 bits per heavy atom. The van der Waals surface area contributed by atoms with E-state index in [0.717, 1.165) is 0 Å². The van der Waals surface area contributed by atoms with Crippen LogP contribution in [-0.2, 0) is 4.74 Å². The van der Waals surface area contributed by atoms with E-state index < -0.39 is 0 Å². The number of aromatic nitrogens is 1. The maximum Gasteiger partial charge on any atom is 0.278 e. The Morgan fingerprint density at radius 3 is 2.80 bits per heavy atom. The van der Waals surface area contributed by atoms with E-state index >= 15 is 0 Å². The quantitative estimate of drug-likeness (QED) is 0.837. The summed E-state index contributed by atoms with van der Waals surface area (Å²) in [5.74, 6) is -0.156. The molecule has 1 amide bonds. The van der Waals surface area contributed by atoms with Crippen LogP contribution >= 0.6 is 0 Å². The summed E-state index contributed by atoms with van der Waals surface area (Å²) in [6.07, 6.45) is 1.35. The van der Waals surface area contributed by atoms with E-state index in [0.29, 0.717) is 19.8 Å². The zero-order chi connectivity index (χ0) is 14.7. The third-order valence-electron chi connectivity index (χ3n) is 3.14. The average molecular weight is 281 g/mol. The van der Waals surface area contributed by atoms with Gasteiger partial charge < -0.3 is 19.8 Å². The number of pyridine rings is 1. The number of carbonyl (C=O) groups excluding carboxylic acids is 1. The normalized spacial score (nSPS) is 17.6. The minimum Gasteiger partial charge on any atom is -0.488 e. The van der Waals surface area contributed by atoms with Crippen molar-refractivity contribution >= 4 is 5.91 Å². The predicted octanol–water partition coefficient (Wildman–Crippen LogP) is 0.239. The molecule has 2 heterocycles. The van der Waals surface area contributed by atoms with Gasteiger partial charge in [-0.1, -0.05) is 0 Å². The van der Waals surface area contributed by atoms with Gasteiger partial charge in [-0.25, -0.2) is 0 Å². The molecule has 0 fully saturated rings. The fraction of sp³-hybridized carbons (Fsp3) is 0.538. The molecular weight excluding hydrogens is 262 g/mol. The number of ether oxygens (including phenoxy) is 2. The van der Waals surface area contributed by atoms with Crippen LogP contribution in [0.2, 0.25) is 0 Å². The van der Waals surface area contributed by atoms with E-state index in [9.17, 15) is 9.59 Å². The van der Waals surface area contributed by atoms with Gasteiger partial charge >= 0.3 is 0 Å². The third kappa shape index (κ3) is 2.49. The standard InChI is InChI=1S/C13H19N3O4/c1-4-20-12-10(17)5-6-16-11(12)13(18)15(7-8-19-3)9(2)14-16/h5-6,9,14H,4,7-8H2,1-3H3/t9-/m0/s1. The molecule has 1 aliphatic rings. The first kappa shape index (κ1) is 14.4. The van der Waals surface area contributed by atoms with Crippen LogP contribution in [0.1, 0.15) is 24.3 Å². The molecule has 0 bridgehead atoms. The number of hydrogen-bond acceptors (Lipinski definition) is 5. The fourth-order valence-corrected chi connectivity index (χ4v) is 2.18. The van der Waals surface area contributed by atoms with E-state index in [4.69, 9.17) is 9.47 Å². The molecule has 1 aromatic heterocycles. The Bertz CT molecular complexity index is 555. The largest absolute Gasteiger partial charge is 0.488 e. The molecule has 0 aromatic carbocycles. The molecule has 1 atom stereocenters. The molecule has 0 aliphatic carbocycles. The summed E-state index contributed by atoms with van der Waals surface area (Å²) < 4.78 is 11.9. The van der Waals surface area contributed by atoms with Gasteiger partial charge in [0.05, 0.1) is 13.2 Å². The van der Waals surface area contributed by atoms with Gasteiger partial charge in [0.2, 0.25) is 5.43 Å². The number of carbonyl (C=O) groups is 1. The summed E-state index contributed by atoms with van der Waals surface area (Å²) in [5, 5.41) is 0. The first-order valence-corrected chi connectivity index (χ1v) is 6.55. The zero-order valence-corrected chi connectivity index (χ0v) is 11.9. The SMILES string of the molecule is CCOc1c2n(ccc1=O)N[C@H](C)N(CCOC)C2=O. The Kier molecular flexibility index (Phi) is 4.29. The molecule has 110 valence electrons. The van der Waals surface area contributed by atoms with Crippen LogP contribution in [0.5, 0.6) is 5.75 Å². The summed E-state index contributed by atoms with van der Waals surface area (Å²) >= 11 is 0. The Labute approximate surface area is 117 Å². The van der Waals surface area contributed by atoms with Gasteiger partial charge in [0.1, 0.15) is 6.17 Å². The lowest BCUT2D eigenvalue weighted by Gasteiger charge is -2.37. The van der Waals surface area contributed by atoms with Crippen molar-refractivity contribution in [1.29, 1.82) is 0 Å². The molecule has 0 saturated carbocycles. The molecule has 1 aliphatic heterocycles. The van der Waals surface area contributed by atoms with Crippen LogP contribution in [-0.4, -0.2) is 48.5 Å². The van der Waals surface area contributed by atoms with Crippen molar-refractivity contribution in [3.8, 4) is 5.75 Å². The van der Waals surface area contributed by atoms with E-state index in [2.05, 4.69) is 5.43 Å². The highest BCUT2D eigenvalue weighted by Gasteiger charge is 2.32. The van der Waals surface area contributed by atoms with Crippen LogP contribution < -0.4 is 15.6 Å². The molecule has 1 aromatic rings. The molecule has 0 unspecified atom stereocenters. The highest BCUT2D eigenvalue weighted by Crippen LogP contribution is 2.20. The van der Waals surface area contributed by atoms with Crippen LogP contribution in [0.4, 0.5) is 0 Å². The molecule has 0 radical (unpaired) electrons. The van der Waals surface area contributed by atoms with Gasteiger partial charge in [0, 0.05) is 25.9 Å². The van der Waals surface area contributed by atoms with Crippen LogP contribution in [0.25, 0.3) is 0 Å². The number of nitrogens with zero attached hydrogens (tertiary/aromatic N) is 2. The maximum absolute atomic E-state index is 12.6. The second-order valence-corrected chi connectivity index (χ2v) is 4.46. The smallest absolute Gasteiger partial charge is 0.278 e.